The molecule has 138 valence electrons. The first-order valence-corrected chi connectivity index (χ1v) is 8.02. The molecule has 0 aliphatic carbocycles. The summed E-state index contributed by atoms with van der Waals surface area (Å²) in [6.07, 6.45) is 0. The number of rotatable bonds is 7. The molecule has 0 radical (unpaired) electrons. The van der Waals surface area contributed by atoms with E-state index in [1.807, 2.05) is 0 Å². The van der Waals surface area contributed by atoms with Crippen LogP contribution in [0.25, 0.3) is 0 Å². The number of carboxylic acid groups (broad SMARTS) is 1. The van der Waals surface area contributed by atoms with Crippen LogP contribution in [0.4, 0.5) is 14.5 Å². The van der Waals surface area contributed by atoms with Gasteiger partial charge in [-0.15, -0.1) is 0 Å². The Morgan fingerprint density at radius 3 is 2.27 bits per heavy atom. The van der Waals surface area contributed by atoms with E-state index >= 15 is 0 Å². The molecular weight excluding hydrogens is 342 g/mol. The number of anilines is 1. The number of hydrogen-bond acceptors (Lipinski definition) is 3. The van der Waals surface area contributed by atoms with Gasteiger partial charge in [0.15, 0.2) is 11.6 Å². The van der Waals surface area contributed by atoms with Crippen molar-refractivity contribution in [1.29, 1.82) is 0 Å². The van der Waals surface area contributed by atoms with E-state index in [2.05, 4.69) is 0 Å². The quantitative estimate of drug-likeness (QED) is 0.822. The fourth-order valence-electron chi connectivity index (χ4n) is 2.53. The SMILES string of the molecule is CC(c1ccc(F)c(F)c1)N(C)C(=O)CN(CC(=O)O)c1ccccc1. The predicted octanol–water partition coefficient (Wildman–Crippen LogP) is 3.08. The van der Waals surface area contributed by atoms with Crippen LogP contribution in [0.1, 0.15) is 18.5 Å². The first-order chi connectivity index (χ1) is 12.3. The summed E-state index contributed by atoms with van der Waals surface area (Å²) in [5, 5.41) is 9.10. The molecule has 7 heteroatoms. The molecule has 5 nitrogen and oxygen atoms in total. The van der Waals surface area contributed by atoms with Gasteiger partial charge in [0.1, 0.15) is 6.54 Å². The van der Waals surface area contributed by atoms with E-state index in [1.54, 1.807) is 37.3 Å². The second-order valence-corrected chi connectivity index (χ2v) is 5.94. The number of carbonyl (C=O) groups excluding carboxylic acids is 1. The Bertz CT molecular complexity index is 784. The van der Waals surface area contributed by atoms with Crippen molar-refractivity contribution in [3.05, 3.63) is 65.7 Å². The molecule has 2 rings (SSSR count). The van der Waals surface area contributed by atoms with Crippen LogP contribution in [0.15, 0.2) is 48.5 Å². The van der Waals surface area contributed by atoms with E-state index in [0.717, 1.165) is 12.1 Å². The minimum Gasteiger partial charge on any atom is -0.480 e. The van der Waals surface area contributed by atoms with E-state index in [9.17, 15) is 18.4 Å². The number of hydrogen-bond donors (Lipinski definition) is 1. The van der Waals surface area contributed by atoms with Crippen LogP contribution >= 0.6 is 0 Å². The number of carboxylic acids is 1. The van der Waals surface area contributed by atoms with Gasteiger partial charge in [0.25, 0.3) is 0 Å². The Hall–Kier alpha value is -2.96. The summed E-state index contributed by atoms with van der Waals surface area (Å²) in [4.78, 5) is 26.5. The van der Waals surface area contributed by atoms with E-state index < -0.39 is 23.6 Å². The van der Waals surface area contributed by atoms with Gasteiger partial charge in [-0.25, -0.2) is 8.78 Å². The third kappa shape index (κ3) is 4.78. The third-order valence-electron chi connectivity index (χ3n) is 4.17. The average Bonchev–Trinajstić information content (AvgIpc) is 2.62. The summed E-state index contributed by atoms with van der Waals surface area (Å²) in [6, 6.07) is 11.7. The van der Waals surface area contributed by atoms with Gasteiger partial charge in [0, 0.05) is 12.7 Å². The van der Waals surface area contributed by atoms with Crippen molar-refractivity contribution in [2.24, 2.45) is 0 Å². The highest BCUT2D eigenvalue weighted by atomic mass is 19.2. The van der Waals surface area contributed by atoms with Gasteiger partial charge in [-0.3, -0.25) is 9.59 Å². The van der Waals surface area contributed by atoms with Gasteiger partial charge >= 0.3 is 5.97 Å². The van der Waals surface area contributed by atoms with Gasteiger partial charge in [0.05, 0.1) is 12.6 Å². The Morgan fingerprint density at radius 1 is 1.04 bits per heavy atom. The van der Waals surface area contributed by atoms with E-state index in [-0.39, 0.29) is 19.0 Å². The lowest BCUT2D eigenvalue weighted by Gasteiger charge is -2.29. The summed E-state index contributed by atoms with van der Waals surface area (Å²) >= 11 is 0. The van der Waals surface area contributed by atoms with Crippen molar-refractivity contribution in [3.8, 4) is 0 Å². The minimum atomic E-state index is -1.06. The van der Waals surface area contributed by atoms with Crippen LogP contribution in [0.3, 0.4) is 0 Å². The van der Waals surface area contributed by atoms with E-state index in [0.29, 0.717) is 11.3 Å². The molecule has 0 aromatic heterocycles. The van der Waals surface area contributed by atoms with Gasteiger partial charge in [0.2, 0.25) is 5.91 Å². The van der Waals surface area contributed by atoms with Crippen molar-refractivity contribution in [3.63, 3.8) is 0 Å². The van der Waals surface area contributed by atoms with Crippen LogP contribution in [-0.2, 0) is 9.59 Å². The second kappa shape index (κ2) is 8.42. The summed E-state index contributed by atoms with van der Waals surface area (Å²) in [5.41, 5.74) is 1.06. The normalized spacial score (nSPS) is 11.7. The molecular formula is C19H20F2N2O3. The van der Waals surface area contributed by atoms with Crippen LogP contribution in [0.2, 0.25) is 0 Å². The molecule has 0 fully saturated rings. The Kier molecular flexibility index (Phi) is 6.27. The molecule has 0 bridgehead atoms. The number of likely N-dealkylation sites (N-methyl/N-ethyl adjacent to an activating group) is 1. The molecule has 1 amide bonds. The topological polar surface area (TPSA) is 60.9 Å². The summed E-state index contributed by atoms with van der Waals surface area (Å²) in [7, 11) is 1.54. The first-order valence-electron chi connectivity index (χ1n) is 8.02. The lowest BCUT2D eigenvalue weighted by Crippen LogP contribution is -2.41. The highest BCUT2D eigenvalue weighted by Crippen LogP contribution is 2.22. The Balaban J connectivity index is 2.14. The highest BCUT2D eigenvalue weighted by Gasteiger charge is 2.22. The van der Waals surface area contributed by atoms with Crippen molar-refractivity contribution in [1.82, 2.24) is 4.90 Å². The zero-order valence-corrected chi connectivity index (χ0v) is 14.5. The second-order valence-electron chi connectivity index (χ2n) is 5.94. The van der Waals surface area contributed by atoms with Crippen molar-refractivity contribution in [2.45, 2.75) is 13.0 Å². The van der Waals surface area contributed by atoms with E-state index in [1.165, 1.54) is 22.9 Å². The number of nitrogens with zero attached hydrogens (tertiary/aromatic N) is 2. The molecule has 0 saturated heterocycles. The van der Waals surface area contributed by atoms with Crippen molar-refractivity contribution >= 4 is 17.6 Å². The molecule has 0 aliphatic rings. The van der Waals surface area contributed by atoms with Gasteiger partial charge in [-0.2, -0.15) is 0 Å². The smallest absolute Gasteiger partial charge is 0.323 e. The molecule has 0 aliphatic heterocycles. The summed E-state index contributed by atoms with van der Waals surface area (Å²) in [6.45, 7) is 1.21. The maximum absolute atomic E-state index is 13.4. The van der Waals surface area contributed by atoms with Crippen LogP contribution in [0.5, 0.6) is 0 Å². The molecule has 0 heterocycles. The molecule has 26 heavy (non-hydrogen) atoms. The van der Waals surface area contributed by atoms with Crippen molar-refractivity contribution < 1.29 is 23.5 Å². The van der Waals surface area contributed by atoms with Crippen LogP contribution in [-0.4, -0.2) is 42.0 Å². The van der Waals surface area contributed by atoms with E-state index in [4.69, 9.17) is 5.11 Å². The van der Waals surface area contributed by atoms with Gasteiger partial charge in [-0.1, -0.05) is 24.3 Å². The molecule has 2 aromatic carbocycles. The lowest BCUT2D eigenvalue weighted by molar-refractivity contribution is -0.135. The zero-order valence-electron chi connectivity index (χ0n) is 14.5. The maximum atomic E-state index is 13.4. The fourth-order valence-corrected chi connectivity index (χ4v) is 2.53. The van der Waals surface area contributed by atoms with Gasteiger partial charge in [-0.05, 0) is 36.8 Å². The fraction of sp³-hybridized carbons (Fsp3) is 0.263. The number of para-hydroxylation sites is 1. The third-order valence-corrected chi connectivity index (χ3v) is 4.17. The monoisotopic (exact) mass is 362 g/mol. The molecule has 1 N–H and O–H groups in total. The van der Waals surface area contributed by atoms with Crippen LogP contribution < -0.4 is 4.90 Å². The number of aliphatic carboxylic acids is 1. The number of carbonyl (C=O) groups is 2. The number of amides is 1. The predicted molar refractivity (Wildman–Crippen MR) is 93.8 cm³/mol. The Morgan fingerprint density at radius 2 is 1.69 bits per heavy atom. The first kappa shape index (κ1) is 19.4. The molecule has 0 saturated carbocycles. The molecule has 1 atom stereocenters. The molecule has 0 spiro atoms. The van der Waals surface area contributed by atoms with Crippen molar-refractivity contribution in [2.75, 3.05) is 25.0 Å². The summed E-state index contributed by atoms with van der Waals surface area (Å²) < 4.78 is 26.5. The standard InChI is InChI=1S/C19H20F2N2O3/c1-13(14-8-9-16(20)17(21)10-14)22(2)18(24)11-23(12-19(25)26)15-6-4-3-5-7-15/h3-10,13H,11-12H2,1-2H3,(H,25,26). The molecule has 1 unspecified atom stereocenters. The molecule has 2 aromatic rings. The Labute approximate surface area is 150 Å². The average molecular weight is 362 g/mol. The largest absolute Gasteiger partial charge is 0.480 e. The highest BCUT2D eigenvalue weighted by molar-refractivity contribution is 5.84. The number of halogens is 2. The summed E-state index contributed by atoms with van der Waals surface area (Å²) in [5.74, 6) is -3.33. The number of benzene rings is 2. The van der Waals surface area contributed by atoms with Gasteiger partial charge < -0.3 is 14.9 Å². The zero-order chi connectivity index (χ0) is 19.3. The minimum absolute atomic E-state index is 0.152. The maximum Gasteiger partial charge on any atom is 0.323 e. The van der Waals surface area contributed by atoms with Crippen LogP contribution in [0, 0.1) is 11.6 Å². The lowest BCUT2D eigenvalue weighted by atomic mass is 10.1.